The molecule has 0 aliphatic rings. The van der Waals surface area contributed by atoms with E-state index in [4.69, 9.17) is 4.74 Å². The van der Waals surface area contributed by atoms with Crippen molar-refractivity contribution >= 4 is 22.8 Å². The average Bonchev–Trinajstić information content (AvgIpc) is 3.44. The first kappa shape index (κ1) is 20.7. The number of hydrogen-bond acceptors (Lipinski definition) is 9. The Morgan fingerprint density at radius 3 is 2.79 bits per heavy atom. The normalized spacial score (nSPS) is 10.8. The van der Waals surface area contributed by atoms with E-state index in [-0.39, 0.29) is 0 Å². The molecule has 9 nitrogen and oxygen atoms in total. The van der Waals surface area contributed by atoms with Crippen LogP contribution in [0.25, 0.3) is 11.4 Å². The first-order chi connectivity index (χ1) is 16.1. The number of rotatable bonds is 7. The van der Waals surface area contributed by atoms with E-state index in [1.165, 1.54) is 11.3 Å². The van der Waals surface area contributed by atoms with Gasteiger partial charge in [0.15, 0.2) is 5.82 Å². The number of H-pyrrole nitrogens is 1. The minimum Gasteiger partial charge on any atom is -0.444 e. The molecule has 4 heterocycles. The van der Waals surface area contributed by atoms with E-state index in [2.05, 4.69) is 40.9 Å². The largest absolute Gasteiger partial charge is 0.444 e. The molecule has 0 radical (unpaired) electrons. The van der Waals surface area contributed by atoms with E-state index >= 15 is 0 Å². The summed E-state index contributed by atoms with van der Waals surface area (Å²) in [5.74, 6) is 2.04. The minimum atomic E-state index is 0.611. The van der Waals surface area contributed by atoms with Crippen LogP contribution in [-0.2, 0) is 6.42 Å². The quantitative estimate of drug-likeness (QED) is 0.357. The lowest BCUT2D eigenvalue weighted by Gasteiger charge is -2.10. The molecule has 0 spiro atoms. The van der Waals surface area contributed by atoms with Crippen LogP contribution in [0.4, 0.5) is 11.5 Å². The molecular formula is C23H20N8OS. The summed E-state index contributed by atoms with van der Waals surface area (Å²) in [5, 5.41) is 18.9. The van der Waals surface area contributed by atoms with Gasteiger partial charge in [-0.15, -0.1) is 5.10 Å². The van der Waals surface area contributed by atoms with Gasteiger partial charge >= 0.3 is 0 Å². The number of tetrazole rings is 1. The molecule has 33 heavy (non-hydrogen) atoms. The van der Waals surface area contributed by atoms with Crippen molar-refractivity contribution in [1.82, 2.24) is 35.6 Å². The van der Waals surface area contributed by atoms with Gasteiger partial charge in [-0.3, -0.25) is 4.98 Å². The van der Waals surface area contributed by atoms with Crippen LogP contribution in [0.5, 0.6) is 10.8 Å². The SMILES string of the molecule is Cc1cccc(-c2nc(C)sc2Oc2ccnc(Nc3cccc(Cc4nnn[nH]4)c3)c2)n1. The van der Waals surface area contributed by atoms with E-state index < -0.39 is 0 Å². The van der Waals surface area contributed by atoms with Crippen molar-refractivity contribution in [3.05, 3.63) is 82.9 Å². The van der Waals surface area contributed by atoms with Gasteiger partial charge < -0.3 is 10.1 Å². The predicted molar refractivity (Wildman–Crippen MR) is 126 cm³/mol. The van der Waals surface area contributed by atoms with Crippen LogP contribution in [0.1, 0.15) is 22.1 Å². The molecule has 1 aromatic carbocycles. The number of aromatic amines is 1. The van der Waals surface area contributed by atoms with Crippen LogP contribution in [0, 0.1) is 13.8 Å². The molecule has 10 heteroatoms. The van der Waals surface area contributed by atoms with E-state index in [9.17, 15) is 0 Å². The van der Waals surface area contributed by atoms with Crippen molar-refractivity contribution in [2.45, 2.75) is 20.3 Å². The third kappa shape index (κ3) is 5.01. The first-order valence-corrected chi connectivity index (χ1v) is 11.1. The number of ether oxygens (including phenoxy) is 1. The molecule has 0 saturated carbocycles. The molecule has 164 valence electrons. The standard InChI is InChI=1S/C23H20N8OS/c1-14-5-3-8-19(25-14)22-23(33-15(2)26-22)32-18-9-10-24-20(13-18)27-17-7-4-6-16(11-17)12-21-28-30-31-29-21/h3-11,13H,12H2,1-2H3,(H,24,27)(H,28,29,30,31). The molecule has 2 N–H and O–H groups in total. The number of aryl methyl sites for hydroxylation is 2. The summed E-state index contributed by atoms with van der Waals surface area (Å²) in [5.41, 5.74) is 4.44. The topological polar surface area (TPSA) is 114 Å². The number of nitrogens with zero attached hydrogens (tertiary/aromatic N) is 6. The molecule has 0 bridgehead atoms. The van der Waals surface area contributed by atoms with Crippen LogP contribution in [0.2, 0.25) is 0 Å². The molecule has 0 fully saturated rings. The Bertz CT molecular complexity index is 1380. The Morgan fingerprint density at radius 1 is 1.03 bits per heavy atom. The van der Waals surface area contributed by atoms with Gasteiger partial charge in [0.1, 0.15) is 17.3 Å². The fraction of sp³-hybridized carbons (Fsp3) is 0.130. The molecule has 5 rings (SSSR count). The summed E-state index contributed by atoms with van der Waals surface area (Å²) in [7, 11) is 0. The number of nitrogens with one attached hydrogen (secondary N) is 2. The van der Waals surface area contributed by atoms with Crippen molar-refractivity contribution in [2.75, 3.05) is 5.32 Å². The highest BCUT2D eigenvalue weighted by atomic mass is 32.1. The number of benzene rings is 1. The summed E-state index contributed by atoms with van der Waals surface area (Å²) in [4.78, 5) is 13.6. The second-order valence-corrected chi connectivity index (χ2v) is 8.53. The molecule has 0 aliphatic carbocycles. The summed E-state index contributed by atoms with van der Waals surface area (Å²) in [6.45, 7) is 3.92. The highest BCUT2D eigenvalue weighted by Crippen LogP contribution is 2.37. The summed E-state index contributed by atoms with van der Waals surface area (Å²) >= 11 is 1.49. The van der Waals surface area contributed by atoms with Crippen LogP contribution in [0.15, 0.2) is 60.8 Å². The number of hydrogen-bond donors (Lipinski definition) is 2. The van der Waals surface area contributed by atoms with E-state index in [0.29, 0.717) is 28.9 Å². The zero-order valence-electron chi connectivity index (χ0n) is 18.0. The molecule has 0 atom stereocenters. The van der Waals surface area contributed by atoms with Crippen molar-refractivity contribution in [3.8, 4) is 22.2 Å². The zero-order valence-corrected chi connectivity index (χ0v) is 18.8. The number of anilines is 2. The van der Waals surface area contributed by atoms with Crippen LogP contribution in [-0.4, -0.2) is 35.6 Å². The average molecular weight is 457 g/mol. The second-order valence-electron chi connectivity index (χ2n) is 7.36. The lowest BCUT2D eigenvalue weighted by molar-refractivity contribution is 0.496. The van der Waals surface area contributed by atoms with E-state index in [1.807, 2.05) is 68.4 Å². The van der Waals surface area contributed by atoms with Crippen molar-refractivity contribution in [2.24, 2.45) is 0 Å². The van der Waals surface area contributed by atoms with Gasteiger partial charge in [0.25, 0.3) is 0 Å². The summed E-state index contributed by atoms with van der Waals surface area (Å²) in [6, 6.07) is 17.6. The molecule has 5 aromatic rings. The van der Waals surface area contributed by atoms with Gasteiger partial charge in [-0.25, -0.2) is 15.1 Å². The maximum Gasteiger partial charge on any atom is 0.210 e. The maximum absolute atomic E-state index is 6.21. The zero-order chi connectivity index (χ0) is 22.6. The molecule has 0 saturated heterocycles. The van der Waals surface area contributed by atoms with Gasteiger partial charge in [0, 0.05) is 30.1 Å². The van der Waals surface area contributed by atoms with Gasteiger partial charge in [-0.05, 0) is 60.2 Å². The Balaban J connectivity index is 1.35. The Labute approximate surface area is 193 Å². The van der Waals surface area contributed by atoms with E-state index in [1.54, 1.807) is 6.20 Å². The molecule has 0 unspecified atom stereocenters. The van der Waals surface area contributed by atoms with Gasteiger partial charge in [0.05, 0.1) is 10.7 Å². The molecule has 4 aromatic heterocycles. The van der Waals surface area contributed by atoms with Gasteiger partial charge in [-0.2, -0.15) is 0 Å². The van der Waals surface area contributed by atoms with Crippen LogP contribution in [0.3, 0.4) is 0 Å². The van der Waals surface area contributed by atoms with E-state index in [0.717, 1.165) is 33.3 Å². The third-order valence-electron chi connectivity index (χ3n) is 4.74. The monoisotopic (exact) mass is 456 g/mol. The smallest absolute Gasteiger partial charge is 0.210 e. The summed E-state index contributed by atoms with van der Waals surface area (Å²) in [6.07, 6.45) is 2.32. The Morgan fingerprint density at radius 2 is 1.94 bits per heavy atom. The third-order valence-corrected chi connectivity index (χ3v) is 5.58. The first-order valence-electron chi connectivity index (χ1n) is 10.3. The number of aromatic nitrogens is 7. The van der Waals surface area contributed by atoms with Crippen molar-refractivity contribution < 1.29 is 4.74 Å². The van der Waals surface area contributed by atoms with Gasteiger partial charge in [-0.1, -0.05) is 29.5 Å². The highest BCUT2D eigenvalue weighted by Gasteiger charge is 2.15. The lowest BCUT2D eigenvalue weighted by atomic mass is 10.1. The van der Waals surface area contributed by atoms with Crippen LogP contribution >= 0.6 is 11.3 Å². The minimum absolute atomic E-state index is 0.611. The lowest BCUT2D eigenvalue weighted by Crippen LogP contribution is -1.96. The maximum atomic E-state index is 6.21. The van der Waals surface area contributed by atoms with Crippen molar-refractivity contribution in [1.29, 1.82) is 0 Å². The number of pyridine rings is 2. The van der Waals surface area contributed by atoms with Crippen molar-refractivity contribution in [3.63, 3.8) is 0 Å². The fourth-order valence-electron chi connectivity index (χ4n) is 3.32. The Hall–Kier alpha value is -4.18. The number of thiazole rings is 1. The Kier molecular flexibility index (Phi) is 5.73. The fourth-order valence-corrected chi connectivity index (χ4v) is 4.11. The summed E-state index contributed by atoms with van der Waals surface area (Å²) < 4.78 is 6.21. The molecule has 0 amide bonds. The molecule has 0 aliphatic heterocycles. The highest BCUT2D eigenvalue weighted by molar-refractivity contribution is 7.13. The second kappa shape index (κ2) is 9.13. The predicted octanol–water partition coefficient (Wildman–Crippen LogP) is 4.86. The van der Waals surface area contributed by atoms with Crippen LogP contribution < -0.4 is 10.1 Å². The van der Waals surface area contributed by atoms with Gasteiger partial charge in [0.2, 0.25) is 5.06 Å². The molecular weight excluding hydrogens is 436 g/mol.